The Balaban J connectivity index is 2.27. The minimum Gasteiger partial charge on any atom is -0.475 e. The van der Waals surface area contributed by atoms with E-state index in [9.17, 15) is 14.5 Å². The molecule has 0 bridgehead atoms. The van der Waals surface area contributed by atoms with Crippen LogP contribution in [0, 0.1) is 22.9 Å². The number of ether oxygens (including phenoxy) is 1. The van der Waals surface area contributed by atoms with Gasteiger partial charge < -0.3 is 9.26 Å². The molecule has 2 rings (SSSR count). The van der Waals surface area contributed by atoms with E-state index in [-0.39, 0.29) is 11.4 Å². The molecular weight excluding hydrogens is 255 g/mol. The molecule has 0 saturated carbocycles. The average molecular weight is 266 g/mol. The molecule has 0 aliphatic heterocycles. The van der Waals surface area contributed by atoms with Crippen molar-refractivity contribution in [2.45, 2.75) is 20.0 Å². The fourth-order valence-electron chi connectivity index (χ4n) is 1.56. The number of rotatable bonds is 4. The van der Waals surface area contributed by atoms with E-state index in [4.69, 9.17) is 9.26 Å². The van der Waals surface area contributed by atoms with Crippen LogP contribution in [0.3, 0.4) is 0 Å². The summed E-state index contributed by atoms with van der Waals surface area (Å²) in [4.78, 5) is 10.2. The number of benzene rings is 1. The minimum absolute atomic E-state index is 0.147. The smallest absolute Gasteiger partial charge is 0.311 e. The minimum atomic E-state index is -0.632. The van der Waals surface area contributed by atoms with E-state index in [0.29, 0.717) is 11.5 Å². The zero-order valence-corrected chi connectivity index (χ0v) is 10.3. The molecule has 100 valence electrons. The van der Waals surface area contributed by atoms with Crippen molar-refractivity contribution in [3.63, 3.8) is 0 Å². The van der Waals surface area contributed by atoms with Gasteiger partial charge in [0.2, 0.25) is 5.75 Å². The standard InChI is InChI=1S/C12H11FN2O4/c1-7-5-11(19-14-7)8(2)18-12-6-9(13)3-4-10(12)15(16)17/h3-6,8H,1-2H3/t8-/m0/s1. The van der Waals surface area contributed by atoms with Crippen molar-refractivity contribution in [1.29, 1.82) is 0 Å². The van der Waals surface area contributed by atoms with Crippen molar-refractivity contribution in [2.75, 3.05) is 0 Å². The molecule has 0 spiro atoms. The predicted octanol–water partition coefficient (Wildman–Crippen LogP) is 3.17. The number of halogens is 1. The van der Waals surface area contributed by atoms with Gasteiger partial charge in [0, 0.05) is 18.2 Å². The van der Waals surface area contributed by atoms with Crippen LogP contribution in [0.15, 0.2) is 28.8 Å². The highest BCUT2D eigenvalue weighted by atomic mass is 19.1. The first-order chi connectivity index (χ1) is 8.97. The van der Waals surface area contributed by atoms with E-state index in [1.54, 1.807) is 19.9 Å². The predicted molar refractivity (Wildman–Crippen MR) is 63.3 cm³/mol. The normalized spacial score (nSPS) is 12.2. The van der Waals surface area contributed by atoms with Crippen molar-refractivity contribution in [1.82, 2.24) is 5.16 Å². The lowest BCUT2D eigenvalue weighted by atomic mass is 10.2. The van der Waals surface area contributed by atoms with Gasteiger partial charge in [0.15, 0.2) is 11.9 Å². The third-order valence-electron chi connectivity index (χ3n) is 2.47. The largest absolute Gasteiger partial charge is 0.475 e. The molecular formula is C12H11FN2O4. The molecule has 1 aromatic carbocycles. The van der Waals surface area contributed by atoms with Gasteiger partial charge in [-0.25, -0.2) is 4.39 Å². The molecule has 0 radical (unpaired) electrons. The quantitative estimate of drug-likeness (QED) is 0.627. The van der Waals surface area contributed by atoms with Gasteiger partial charge in [0.05, 0.1) is 10.6 Å². The topological polar surface area (TPSA) is 78.4 Å². The zero-order chi connectivity index (χ0) is 14.0. The lowest BCUT2D eigenvalue weighted by Crippen LogP contribution is -2.04. The zero-order valence-electron chi connectivity index (χ0n) is 10.3. The number of aromatic nitrogens is 1. The summed E-state index contributed by atoms with van der Waals surface area (Å²) in [5, 5.41) is 14.5. The van der Waals surface area contributed by atoms with Crippen molar-refractivity contribution < 1.29 is 18.6 Å². The molecule has 2 aromatic rings. The molecule has 6 nitrogen and oxygen atoms in total. The van der Waals surface area contributed by atoms with Crippen LogP contribution in [0.4, 0.5) is 10.1 Å². The number of nitro benzene ring substituents is 1. The van der Waals surface area contributed by atoms with Gasteiger partial charge in [-0.15, -0.1) is 0 Å². The molecule has 0 aliphatic carbocycles. The molecule has 0 aliphatic rings. The number of hydrogen-bond donors (Lipinski definition) is 0. The number of nitro groups is 1. The fourth-order valence-corrected chi connectivity index (χ4v) is 1.56. The van der Waals surface area contributed by atoms with Crippen molar-refractivity contribution in [3.8, 4) is 5.75 Å². The van der Waals surface area contributed by atoms with Gasteiger partial charge in [-0.2, -0.15) is 0 Å². The second-order valence-corrected chi connectivity index (χ2v) is 4.00. The first-order valence-electron chi connectivity index (χ1n) is 5.51. The second-order valence-electron chi connectivity index (χ2n) is 4.00. The van der Waals surface area contributed by atoms with Gasteiger partial charge >= 0.3 is 5.69 Å². The van der Waals surface area contributed by atoms with Crippen LogP contribution in [-0.2, 0) is 0 Å². The van der Waals surface area contributed by atoms with Crippen LogP contribution in [0.2, 0.25) is 0 Å². The van der Waals surface area contributed by atoms with E-state index in [1.165, 1.54) is 0 Å². The van der Waals surface area contributed by atoms with Crippen LogP contribution in [0.5, 0.6) is 5.75 Å². The van der Waals surface area contributed by atoms with Gasteiger partial charge in [0.1, 0.15) is 5.82 Å². The van der Waals surface area contributed by atoms with E-state index in [0.717, 1.165) is 18.2 Å². The Morgan fingerprint density at radius 3 is 2.79 bits per heavy atom. The first-order valence-corrected chi connectivity index (χ1v) is 5.51. The molecule has 19 heavy (non-hydrogen) atoms. The first kappa shape index (κ1) is 13.0. The van der Waals surface area contributed by atoms with Crippen molar-refractivity contribution in [2.24, 2.45) is 0 Å². The van der Waals surface area contributed by atoms with E-state index < -0.39 is 16.8 Å². The van der Waals surface area contributed by atoms with Gasteiger partial charge in [-0.05, 0) is 19.9 Å². The molecule has 1 heterocycles. The summed E-state index contributed by atoms with van der Waals surface area (Å²) in [7, 11) is 0. The van der Waals surface area contributed by atoms with Crippen LogP contribution >= 0.6 is 0 Å². The highest BCUT2D eigenvalue weighted by Gasteiger charge is 2.20. The van der Waals surface area contributed by atoms with Crippen molar-refractivity contribution >= 4 is 5.69 Å². The maximum Gasteiger partial charge on any atom is 0.311 e. The third-order valence-corrected chi connectivity index (χ3v) is 2.47. The SMILES string of the molecule is Cc1cc([C@H](C)Oc2cc(F)ccc2[N+](=O)[O-])on1. The Morgan fingerprint density at radius 2 is 2.21 bits per heavy atom. The summed E-state index contributed by atoms with van der Waals surface area (Å²) in [6.45, 7) is 3.37. The summed E-state index contributed by atoms with van der Waals surface area (Å²) in [5.74, 6) is -0.343. The number of aryl methyl sites for hydroxylation is 1. The molecule has 0 fully saturated rings. The molecule has 0 N–H and O–H groups in total. The summed E-state index contributed by atoms with van der Waals surface area (Å²) in [6.07, 6.45) is -0.610. The van der Waals surface area contributed by atoms with E-state index in [1.807, 2.05) is 0 Å². The Hall–Kier alpha value is -2.44. The lowest BCUT2D eigenvalue weighted by Gasteiger charge is -2.11. The van der Waals surface area contributed by atoms with Crippen LogP contribution in [-0.4, -0.2) is 10.1 Å². The second kappa shape index (κ2) is 5.05. The van der Waals surface area contributed by atoms with Gasteiger partial charge in [-0.3, -0.25) is 10.1 Å². The highest BCUT2D eigenvalue weighted by molar-refractivity contribution is 5.46. The fraction of sp³-hybridized carbons (Fsp3) is 0.250. The molecule has 0 saturated heterocycles. The van der Waals surface area contributed by atoms with Crippen molar-refractivity contribution in [3.05, 3.63) is 51.7 Å². The van der Waals surface area contributed by atoms with Gasteiger partial charge in [-0.1, -0.05) is 5.16 Å². The number of hydrogen-bond acceptors (Lipinski definition) is 5. The highest BCUT2D eigenvalue weighted by Crippen LogP contribution is 2.31. The maximum absolute atomic E-state index is 13.1. The Morgan fingerprint density at radius 1 is 1.47 bits per heavy atom. The lowest BCUT2D eigenvalue weighted by molar-refractivity contribution is -0.386. The number of nitrogens with zero attached hydrogens (tertiary/aromatic N) is 2. The van der Waals surface area contributed by atoms with Crippen LogP contribution in [0.25, 0.3) is 0 Å². The Bertz CT molecular complexity index is 612. The summed E-state index contributed by atoms with van der Waals surface area (Å²) in [5.41, 5.74) is 0.365. The Labute approximate surface area is 107 Å². The monoisotopic (exact) mass is 266 g/mol. The molecule has 0 amide bonds. The van der Waals surface area contributed by atoms with E-state index in [2.05, 4.69) is 5.16 Å². The molecule has 0 unspecified atom stereocenters. The molecule has 1 aromatic heterocycles. The molecule has 1 atom stereocenters. The van der Waals surface area contributed by atoms with Crippen LogP contribution in [0.1, 0.15) is 24.5 Å². The molecule has 7 heteroatoms. The van der Waals surface area contributed by atoms with Crippen LogP contribution < -0.4 is 4.74 Å². The summed E-state index contributed by atoms with van der Waals surface area (Å²) >= 11 is 0. The maximum atomic E-state index is 13.1. The Kier molecular flexibility index (Phi) is 3.46. The van der Waals surface area contributed by atoms with Gasteiger partial charge in [0.25, 0.3) is 0 Å². The van der Waals surface area contributed by atoms with E-state index >= 15 is 0 Å². The summed E-state index contributed by atoms with van der Waals surface area (Å²) < 4.78 is 23.5. The summed E-state index contributed by atoms with van der Waals surface area (Å²) in [6, 6.07) is 4.69. The third kappa shape index (κ3) is 2.87. The average Bonchev–Trinajstić information content (AvgIpc) is 2.75.